The number of halogens is 1. The Kier molecular flexibility index (Phi) is 5.35. The molecule has 1 amide bonds. The van der Waals surface area contributed by atoms with Crippen LogP contribution in [0.25, 0.3) is 0 Å². The first-order chi connectivity index (χ1) is 8.42. The van der Waals surface area contributed by atoms with Crippen LogP contribution in [0, 0.1) is 0 Å². The molecule has 4 heteroatoms. The molecule has 0 fully saturated rings. The molecule has 3 nitrogen and oxygen atoms in total. The number of carbonyl (C=O) groups is 1. The summed E-state index contributed by atoms with van der Waals surface area (Å²) in [6.45, 7) is 5.84. The highest BCUT2D eigenvalue weighted by Gasteiger charge is 2.30. The summed E-state index contributed by atoms with van der Waals surface area (Å²) in [7, 11) is 0. The number of hydrogen-bond acceptors (Lipinski definition) is 2. The van der Waals surface area contributed by atoms with Crippen molar-refractivity contribution in [1.29, 1.82) is 0 Å². The summed E-state index contributed by atoms with van der Waals surface area (Å²) in [6, 6.07) is 7.86. The van der Waals surface area contributed by atoms with E-state index in [0.29, 0.717) is 12.8 Å². The number of nitrogens with two attached hydrogens (primary N) is 1. The molecule has 0 bridgehead atoms. The number of amides is 1. The molecule has 0 unspecified atom stereocenters. The molecule has 0 aliphatic carbocycles. The normalized spacial score (nSPS) is 13.2. The Bertz CT molecular complexity index is 416. The summed E-state index contributed by atoms with van der Waals surface area (Å²) >= 11 is 3.43. The van der Waals surface area contributed by atoms with Crippen LogP contribution in [-0.2, 0) is 4.79 Å². The largest absolute Gasteiger partial charge is 0.348 e. The maximum atomic E-state index is 12.1. The Labute approximate surface area is 117 Å². The van der Waals surface area contributed by atoms with Crippen molar-refractivity contribution in [1.82, 2.24) is 5.32 Å². The van der Waals surface area contributed by atoms with Crippen LogP contribution in [0.1, 0.15) is 45.2 Å². The maximum Gasteiger partial charge on any atom is 0.240 e. The summed E-state index contributed by atoms with van der Waals surface area (Å²) in [5.41, 5.74) is 6.37. The van der Waals surface area contributed by atoms with E-state index in [-0.39, 0.29) is 11.9 Å². The predicted molar refractivity (Wildman–Crippen MR) is 78.2 cm³/mol. The van der Waals surface area contributed by atoms with Gasteiger partial charge in [0.25, 0.3) is 0 Å². The van der Waals surface area contributed by atoms with Gasteiger partial charge in [-0.3, -0.25) is 4.79 Å². The second-order valence-corrected chi connectivity index (χ2v) is 5.53. The molecule has 1 aromatic carbocycles. The smallest absolute Gasteiger partial charge is 0.240 e. The molecule has 0 heterocycles. The third-order valence-corrected chi connectivity index (χ3v) is 3.90. The number of hydrogen-bond donors (Lipinski definition) is 2. The zero-order chi connectivity index (χ0) is 13.8. The van der Waals surface area contributed by atoms with E-state index >= 15 is 0 Å². The quantitative estimate of drug-likeness (QED) is 0.877. The maximum absolute atomic E-state index is 12.1. The zero-order valence-corrected chi connectivity index (χ0v) is 12.8. The summed E-state index contributed by atoms with van der Waals surface area (Å²) in [4.78, 5) is 12.1. The van der Waals surface area contributed by atoms with E-state index in [1.54, 1.807) is 0 Å². The molecule has 1 atom stereocenters. The fourth-order valence-corrected chi connectivity index (χ4v) is 2.19. The van der Waals surface area contributed by atoms with Crippen molar-refractivity contribution >= 4 is 21.8 Å². The highest BCUT2D eigenvalue weighted by Crippen LogP contribution is 2.19. The highest BCUT2D eigenvalue weighted by atomic mass is 79.9. The second kappa shape index (κ2) is 6.34. The molecule has 0 aromatic heterocycles. The van der Waals surface area contributed by atoms with Gasteiger partial charge in [-0.05, 0) is 37.5 Å². The van der Waals surface area contributed by atoms with Gasteiger partial charge in [0.1, 0.15) is 0 Å². The fourth-order valence-electron chi connectivity index (χ4n) is 1.77. The lowest BCUT2D eigenvalue weighted by Gasteiger charge is -2.27. The van der Waals surface area contributed by atoms with Crippen molar-refractivity contribution in [2.24, 2.45) is 5.73 Å². The van der Waals surface area contributed by atoms with E-state index in [1.807, 2.05) is 45.0 Å². The van der Waals surface area contributed by atoms with Crippen LogP contribution in [0.4, 0.5) is 0 Å². The first kappa shape index (κ1) is 15.2. The number of benzene rings is 1. The molecule has 18 heavy (non-hydrogen) atoms. The lowest BCUT2D eigenvalue weighted by Crippen LogP contribution is -2.53. The van der Waals surface area contributed by atoms with Crippen LogP contribution in [-0.4, -0.2) is 11.4 Å². The van der Waals surface area contributed by atoms with Gasteiger partial charge < -0.3 is 11.1 Å². The topological polar surface area (TPSA) is 55.1 Å². The van der Waals surface area contributed by atoms with E-state index in [9.17, 15) is 4.79 Å². The van der Waals surface area contributed by atoms with Crippen LogP contribution >= 0.6 is 15.9 Å². The predicted octanol–water partition coefficient (Wildman–Crippen LogP) is 3.14. The first-order valence-electron chi connectivity index (χ1n) is 6.28. The van der Waals surface area contributed by atoms with Crippen LogP contribution < -0.4 is 11.1 Å². The number of carbonyl (C=O) groups excluding carboxylic acids is 1. The Balaban J connectivity index is 2.76. The van der Waals surface area contributed by atoms with Crippen molar-refractivity contribution in [3.63, 3.8) is 0 Å². The Hall–Kier alpha value is -0.870. The highest BCUT2D eigenvalue weighted by molar-refractivity contribution is 9.10. The molecule has 0 aliphatic heterocycles. The van der Waals surface area contributed by atoms with E-state index in [4.69, 9.17) is 5.73 Å². The van der Waals surface area contributed by atoms with Gasteiger partial charge in [0.2, 0.25) is 5.91 Å². The minimum absolute atomic E-state index is 0.0453. The molecule has 0 spiro atoms. The zero-order valence-electron chi connectivity index (χ0n) is 11.2. The SMILES string of the molecule is CCC(N)(CC)C(=O)N[C@H](C)c1cccc(Br)c1. The molecule has 100 valence electrons. The van der Waals surface area contributed by atoms with Gasteiger partial charge >= 0.3 is 0 Å². The van der Waals surface area contributed by atoms with Crippen molar-refractivity contribution in [2.45, 2.75) is 45.2 Å². The van der Waals surface area contributed by atoms with Gasteiger partial charge in [0.15, 0.2) is 0 Å². The van der Waals surface area contributed by atoms with Crippen molar-refractivity contribution in [3.05, 3.63) is 34.3 Å². The lowest BCUT2D eigenvalue weighted by molar-refractivity contribution is -0.127. The molecule has 0 aliphatic rings. The summed E-state index contributed by atoms with van der Waals surface area (Å²) in [6.07, 6.45) is 1.28. The monoisotopic (exact) mass is 312 g/mol. The van der Waals surface area contributed by atoms with Gasteiger partial charge in [0.05, 0.1) is 11.6 Å². The molecule has 1 rings (SSSR count). The fraction of sp³-hybridized carbons (Fsp3) is 0.500. The molecule has 0 saturated heterocycles. The van der Waals surface area contributed by atoms with Gasteiger partial charge in [-0.25, -0.2) is 0 Å². The molecular weight excluding hydrogens is 292 g/mol. The molecule has 0 radical (unpaired) electrons. The number of rotatable bonds is 5. The van der Waals surface area contributed by atoms with Gasteiger partial charge in [0, 0.05) is 4.47 Å². The van der Waals surface area contributed by atoms with Gasteiger partial charge in [-0.2, -0.15) is 0 Å². The van der Waals surface area contributed by atoms with Crippen LogP contribution in [0.5, 0.6) is 0 Å². The third-order valence-electron chi connectivity index (χ3n) is 3.41. The summed E-state index contributed by atoms with van der Waals surface area (Å²) in [5, 5.41) is 2.98. The van der Waals surface area contributed by atoms with E-state index < -0.39 is 5.54 Å². The average Bonchev–Trinajstić information content (AvgIpc) is 2.37. The molecule has 1 aromatic rings. The number of nitrogens with one attached hydrogen (secondary N) is 1. The minimum Gasteiger partial charge on any atom is -0.348 e. The van der Waals surface area contributed by atoms with Crippen LogP contribution in [0.2, 0.25) is 0 Å². The van der Waals surface area contributed by atoms with Crippen molar-refractivity contribution in [2.75, 3.05) is 0 Å². The van der Waals surface area contributed by atoms with E-state index in [1.165, 1.54) is 0 Å². The van der Waals surface area contributed by atoms with Crippen molar-refractivity contribution < 1.29 is 4.79 Å². The van der Waals surface area contributed by atoms with Gasteiger partial charge in [-0.15, -0.1) is 0 Å². The average molecular weight is 313 g/mol. The van der Waals surface area contributed by atoms with Crippen LogP contribution in [0.15, 0.2) is 28.7 Å². The Morgan fingerprint density at radius 2 is 2.06 bits per heavy atom. The first-order valence-corrected chi connectivity index (χ1v) is 7.07. The molecular formula is C14H21BrN2O. The molecule has 0 saturated carbocycles. The van der Waals surface area contributed by atoms with E-state index in [0.717, 1.165) is 10.0 Å². The minimum atomic E-state index is -0.764. The van der Waals surface area contributed by atoms with Gasteiger partial charge in [-0.1, -0.05) is 41.9 Å². The Morgan fingerprint density at radius 3 is 2.56 bits per heavy atom. The lowest BCUT2D eigenvalue weighted by atomic mass is 9.92. The third kappa shape index (κ3) is 3.56. The standard InChI is InChI=1S/C14H21BrN2O/c1-4-14(16,5-2)13(18)17-10(3)11-7-6-8-12(15)9-11/h6-10H,4-5,16H2,1-3H3,(H,17,18)/t10-/m1/s1. The van der Waals surface area contributed by atoms with Crippen molar-refractivity contribution in [3.8, 4) is 0 Å². The molecule has 3 N–H and O–H groups in total. The van der Waals surface area contributed by atoms with Crippen LogP contribution in [0.3, 0.4) is 0 Å². The summed E-state index contributed by atoms with van der Waals surface area (Å²) in [5.74, 6) is -0.0834. The summed E-state index contributed by atoms with van der Waals surface area (Å²) < 4.78 is 1.01. The second-order valence-electron chi connectivity index (χ2n) is 4.61. The van der Waals surface area contributed by atoms with E-state index in [2.05, 4.69) is 21.2 Å². The Morgan fingerprint density at radius 1 is 1.44 bits per heavy atom.